The second-order valence-electron chi connectivity index (χ2n) is 4.63. The standard InChI is InChI=1S/C14H15F3N4/c1-8-4-5-10(6-9(8)2)19-12-7-11(14(15,16)17)20-13(18-3)21-12/h4-7H,1-3H3,(H2,18,19,20,21). The molecule has 1 heterocycles. The highest BCUT2D eigenvalue weighted by atomic mass is 19.4. The second-order valence-corrected chi connectivity index (χ2v) is 4.63. The minimum atomic E-state index is -4.52. The van der Waals surface area contributed by atoms with Crippen LogP contribution >= 0.6 is 0 Å². The normalized spacial score (nSPS) is 11.3. The number of alkyl halides is 3. The van der Waals surface area contributed by atoms with Crippen LogP contribution in [-0.4, -0.2) is 17.0 Å². The summed E-state index contributed by atoms with van der Waals surface area (Å²) in [5, 5.41) is 5.39. The van der Waals surface area contributed by atoms with Gasteiger partial charge in [-0.1, -0.05) is 6.07 Å². The molecule has 2 rings (SSSR count). The van der Waals surface area contributed by atoms with E-state index in [1.165, 1.54) is 7.05 Å². The lowest BCUT2D eigenvalue weighted by Gasteiger charge is -2.12. The van der Waals surface area contributed by atoms with Gasteiger partial charge in [-0.2, -0.15) is 18.2 Å². The van der Waals surface area contributed by atoms with Crippen LogP contribution in [0.3, 0.4) is 0 Å². The van der Waals surface area contributed by atoms with Gasteiger partial charge in [0.15, 0.2) is 5.69 Å². The van der Waals surface area contributed by atoms with E-state index < -0.39 is 11.9 Å². The van der Waals surface area contributed by atoms with Crippen molar-refractivity contribution in [1.82, 2.24) is 9.97 Å². The molecule has 0 bridgehead atoms. The molecule has 0 saturated heterocycles. The molecule has 0 spiro atoms. The molecule has 7 heteroatoms. The van der Waals surface area contributed by atoms with Gasteiger partial charge in [-0.05, 0) is 37.1 Å². The van der Waals surface area contributed by atoms with Crippen LogP contribution in [0, 0.1) is 13.8 Å². The van der Waals surface area contributed by atoms with E-state index in [0.717, 1.165) is 17.2 Å². The first-order valence-corrected chi connectivity index (χ1v) is 6.28. The quantitative estimate of drug-likeness (QED) is 0.902. The summed E-state index contributed by atoms with van der Waals surface area (Å²) in [5.41, 5.74) is 1.83. The number of rotatable bonds is 3. The van der Waals surface area contributed by atoms with Crippen LogP contribution in [0.25, 0.3) is 0 Å². The fourth-order valence-electron chi connectivity index (χ4n) is 1.74. The molecule has 112 valence electrons. The number of aromatic nitrogens is 2. The molecule has 0 amide bonds. The fourth-order valence-corrected chi connectivity index (χ4v) is 1.74. The predicted molar refractivity (Wildman–Crippen MR) is 75.8 cm³/mol. The number of nitrogens with zero attached hydrogens (tertiary/aromatic N) is 2. The highest BCUT2D eigenvalue weighted by Gasteiger charge is 2.33. The van der Waals surface area contributed by atoms with E-state index in [2.05, 4.69) is 20.6 Å². The predicted octanol–water partition coefficient (Wildman–Crippen LogP) is 3.90. The van der Waals surface area contributed by atoms with Gasteiger partial charge in [0.05, 0.1) is 0 Å². The van der Waals surface area contributed by atoms with Crippen LogP contribution in [0.15, 0.2) is 24.3 Å². The molecule has 21 heavy (non-hydrogen) atoms. The van der Waals surface area contributed by atoms with Crippen molar-refractivity contribution in [3.05, 3.63) is 41.1 Å². The van der Waals surface area contributed by atoms with Crippen molar-refractivity contribution in [3.63, 3.8) is 0 Å². The van der Waals surface area contributed by atoms with Gasteiger partial charge in [0.25, 0.3) is 0 Å². The Kier molecular flexibility index (Phi) is 4.02. The minimum Gasteiger partial charge on any atom is -0.357 e. The Bertz CT molecular complexity index is 653. The SMILES string of the molecule is CNc1nc(Nc2ccc(C)c(C)c2)cc(C(F)(F)F)n1. The lowest BCUT2D eigenvalue weighted by atomic mass is 10.1. The van der Waals surface area contributed by atoms with Crippen LogP contribution in [-0.2, 0) is 6.18 Å². The highest BCUT2D eigenvalue weighted by molar-refractivity contribution is 5.59. The zero-order chi connectivity index (χ0) is 15.6. The average molecular weight is 296 g/mol. The number of anilines is 3. The van der Waals surface area contributed by atoms with Gasteiger partial charge in [0.2, 0.25) is 5.95 Å². The van der Waals surface area contributed by atoms with E-state index in [4.69, 9.17) is 0 Å². The van der Waals surface area contributed by atoms with Crippen molar-refractivity contribution in [3.8, 4) is 0 Å². The summed E-state index contributed by atoms with van der Waals surface area (Å²) in [6, 6.07) is 6.42. The summed E-state index contributed by atoms with van der Waals surface area (Å²) in [6.45, 7) is 3.89. The number of hydrogen-bond donors (Lipinski definition) is 2. The number of halogens is 3. The number of benzene rings is 1. The van der Waals surface area contributed by atoms with Gasteiger partial charge in [-0.25, -0.2) is 4.98 Å². The van der Waals surface area contributed by atoms with Crippen molar-refractivity contribution in [2.45, 2.75) is 20.0 Å². The Morgan fingerprint density at radius 3 is 2.29 bits per heavy atom. The van der Waals surface area contributed by atoms with Crippen molar-refractivity contribution < 1.29 is 13.2 Å². The van der Waals surface area contributed by atoms with Crippen LogP contribution < -0.4 is 10.6 Å². The zero-order valence-corrected chi connectivity index (χ0v) is 11.8. The van der Waals surface area contributed by atoms with Gasteiger partial charge in [0, 0.05) is 18.8 Å². The second kappa shape index (κ2) is 5.59. The topological polar surface area (TPSA) is 49.8 Å². The molecule has 0 fully saturated rings. The number of aryl methyl sites for hydroxylation is 2. The summed E-state index contributed by atoms with van der Waals surface area (Å²) >= 11 is 0. The lowest BCUT2D eigenvalue weighted by Crippen LogP contribution is -2.12. The van der Waals surface area contributed by atoms with Gasteiger partial charge in [-0.3, -0.25) is 0 Å². The maximum atomic E-state index is 12.8. The zero-order valence-electron chi connectivity index (χ0n) is 11.8. The molecule has 1 aromatic heterocycles. The summed E-state index contributed by atoms with van der Waals surface area (Å²) < 4.78 is 38.4. The number of hydrogen-bond acceptors (Lipinski definition) is 4. The molecule has 0 saturated carbocycles. The largest absolute Gasteiger partial charge is 0.433 e. The summed E-state index contributed by atoms with van der Waals surface area (Å²) in [6.07, 6.45) is -4.52. The van der Waals surface area contributed by atoms with Crippen molar-refractivity contribution in [2.75, 3.05) is 17.7 Å². The fraction of sp³-hybridized carbons (Fsp3) is 0.286. The first-order valence-electron chi connectivity index (χ1n) is 6.28. The van der Waals surface area contributed by atoms with Gasteiger partial charge in [-0.15, -0.1) is 0 Å². The molecule has 1 aromatic carbocycles. The molecule has 4 nitrogen and oxygen atoms in total. The molecule has 0 radical (unpaired) electrons. The third-order valence-electron chi connectivity index (χ3n) is 3.02. The monoisotopic (exact) mass is 296 g/mol. The van der Waals surface area contributed by atoms with Crippen LogP contribution in [0.2, 0.25) is 0 Å². The summed E-state index contributed by atoms with van der Waals surface area (Å²) in [5.74, 6) is 0.00101. The molecule has 0 aliphatic heterocycles. The maximum Gasteiger partial charge on any atom is 0.433 e. The van der Waals surface area contributed by atoms with E-state index >= 15 is 0 Å². The summed E-state index contributed by atoms with van der Waals surface area (Å²) in [4.78, 5) is 7.39. The third-order valence-corrected chi connectivity index (χ3v) is 3.02. The van der Waals surface area contributed by atoms with Crippen molar-refractivity contribution >= 4 is 17.5 Å². The van der Waals surface area contributed by atoms with Crippen molar-refractivity contribution in [1.29, 1.82) is 0 Å². The molecule has 2 N–H and O–H groups in total. The first kappa shape index (κ1) is 15.1. The summed E-state index contributed by atoms with van der Waals surface area (Å²) in [7, 11) is 1.47. The molecular weight excluding hydrogens is 281 g/mol. The molecule has 0 atom stereocenters. The van der Waals surface area contributed by atoms with Crippen LogP contribution in [0.4, 0.5) is 30.6 Å². The maximum absolute atomic E-state index is 12.8. The van der Waals surface area contributed by atoms with E-state index in [-0.39, 0.29) is 11.8 Å². The van der Waals surface area contributed by atoms with Crippen LogP contribution in [0.5, 0.6) is 0 Å². The van der Waals surface area contributed by atoms with E-state index in [0.29, 0.717) is 5.69 Å². The first-order chi connectivity index (χ1) is 9.79. The molecule has 0 aliphatic rings. The Labute approximate surface area is 120 Å². The number of nitrogens with one attached hydrogen (secondary N) is 2. The van der Waals surface area contributed by atoms with Crippen LogP contribution in [0.1, 0.15) is 16.8 Å². The molecular formula is C14H15F3N4. The van der Waals surface area contributed by atoms with Gasteiger partial charge < -0.3 is 10.6 Å². The van der Waals surface area contributed by atoms with Gasteiger partial charge in [0.1, 0.15) is 5.82 Å². The average Bonchev–Trinajstić information content (AvgIpc) is 2.41. The minimum absolute atomic E-state index is 0.0869. The van der Waals surface area contributed by atoms with Gasteiger partial charge >= 0.3 is 6.18 Å². The van der Waals surface area contributed by atoms with E-state index in [9.17, 15) is 13.2 Å². The Morgan fingerprint density at radius 1 is 1.00 bits per heavy atom. The smallest absolute Gasteiger partial charge is 0.357 e. The van der Waals surface area contributed by atoms with E-state index in [1.54, 1.807) is 6.07 Å². The Balaban J connectivity index is 2.36. The molecule has 0 unspecified atom stereocenters. The Hall–Kier alpha value is -2.31. The van der Waals surface area contributed by atoms with E-state index in [1.807, 2.05) is 26.0 Å². The van der Waals surface area contributed by atoms with Crippen molar-refractivity contribution in [2.24, 2.45) is 0 Å². The highest BCUT2D eigenvalue weighted by Crippen LogP contribution is 2.30. The molecule has 2 aromatic rings. The molecule has 0 aliphatic carbocycles. The third kappa shape index (κ3) is 3.62. The lowest BCUT2D eigenvalue weighted by molar-refractivity contribution is -0.141. The Morgan fingerprint density at radius 2 is 1.71 bits per heavy atom.